The van der Waals surface area contributed by atoms with Gasteiger partial charge < -0.3 is 19.7 Å². The molecule has 2 heterocycles. The molecule has 0 aromatic heterocycles. The molecule has 7 heteroatoms. The van der Waals surface area contributed by atoms with Gasteiger partial charge in [0.25, 0.3) is 0 Å². The Bertz CT molecular complexity index is 591. The number of benzene rings is 1. The van der Waals surface area contributed by atoms with Crippen LogP contribution >= 0.6 is 23.2 Å². The summed E-state index contributed by atoms with van der Waals surface area (Å²) in [6.45, 7) is 3.74. The highest BCUT2D eigenvalue weighted by atomic mass is 35.5. The summed E-state index contributed by atoms with van der Waals surface area (Å²) in [6, 6.07) is 5.53. The minimum absolute atomic E-state index is 0.110. The zero-order valence-corrected chi connectivity index (χ0v) is 15.3. The third-order valence-corrected chi connectivity index (χ3v) is 5.02. The number of nitrogens with zero attached hydrogens (tertiary/aromatic N) is 2. The van der Waals surface area contributed by atoms with Crippen LogP contribution in [0.5, 0.6) is 0 Å². The summed E-state index contributed by atoms with van der Waals surface area (Å²) in [5.74, 6) is 0.854. The topological polar surface area (TPSA) is 46.1 Å². The molecule has 5 nitrogen and oxygen atoms in total. The molecule has 0 aliphatic carbocycles. The minimum Gasteiger partial charge on any atom is -0.375 e. The fourth-order valence-corrected chi connectivity index (χ4v) is 3.64. The van der Waals surface area contributed by atoms with Crippen molar-refractivity contribution in [3.63, 3.8) is 0 Å². The summed E-state index contributed by atoms with van der Waals surface area (Å²) in [4.78, 5) is 6.62. The van der Waals surface area contributed by atoms with Gasteiger partial charge in [-0.3, -0.25) is 4.99 Å². The molecule has 132 valence electrons. The summed E-state index contributed by atoms with van der Waals surface area (Å²) in [7, 11) is 1.79. The molecule has 2 saturated heterocycles. The number of guanidine groups is 1. The Kier molecular flexibility index (Phi) is 6.22. The summed E-state index contributed by atoms with van der Waals surface area (Å²) >= 11 is 12.2. The zero-order valence-electron chi connectivity index (χ0n) is 13.8. The van der Waals surface area contributed by atoms with Gasteiger partial charge in [-0.1, -0.05) is 29.3 Å². The first-order chi connectivity index (χ1) is 11.7. The number of morpholine rings is 1. The average molecular weight is 372 g/mol. The lowest BCUT2D eigenvalue weighted by Crippen LogP contribution is -2.53. The first-order valence-electron chi connectivity index (χ1n) is 8.30. The van der Waals surface area contributed by atoms with Gasteiger partial charge in [0, 0.05) is 43.3 Å². The molecule has 2 unspecified atom stereocenters. The number of aliphatic imine (C=N–C) groups is 1. The Hall–Kier alpha value is -1.01. The molecular formula is C17H23Cl2N3O2. The Morgan fingerprint density at radius 1 is 1.29 bits per heavy atom. The van der Waals surface area contributed by atoms with Gasteiger partial charge in [-0.15, -0.1) is 0 Å². The van der Waals surface area contributed by atoms with Gasteiger partial charge in [0.05, 0.1) is 12.7 Å². The van der Waals surface area contributed by atoms with Crippen LogP contribution in [0.15, 0.2) is 23.2 Å². The van der Waals surface area contributed by atoms with Crippen molar-refractivity contribution >= 4 is 29.2 Å². The van der Waals surface area contributed by atoms with E-state index in [9.17, 15) is 0 Å². The highest BCUT2D eigenvalue weighted by molar-refractivity contribution is 6.35. The monoisotopic (exact) mass is 371 g/mol. The van der Waals surface area contributed by atoms with Gasteiger partial charge in [-0.25, -0.2) is 0 Å². The lowest BCUT2D eigenvalue weighted by Gasteiger charge is -2.37. The summed E-state index contributed by atoms with van der Waals surface area (Å²) in [5, 5.41) is 4.68. The molecule has 2 atom stereocenters. The Morgan fingerprint density at radius 3 is 2.83 bits per heavy atom. The fraction of sp³-hybridized carbons (Fsp3) is 0.588. The van der Waals surface area contributed by atoms with Crippen molar-refractivity contribution in [2.75, 3.05) is 33.4 Å². The highest BCUT2D eigenvalue weighted by Gasteiger charge is 2.32. The molecular weight excluding hydrogens is 349 g/mol. The number of ether oxygens (including phenoxy) is 2. The van der Waals surface area contributed by atoms with Crippen molar-refractivity contribution in [2.45, 2.75) is 31.6 Å². The Morgan fingerprint density at radius 2 is 2.12 bits per heavy atom. The molecule has 2 aliphatic heterocycles. The molecule has 1 N–H and O–H groups in total. The number of nitrogens with one attached hydrogen (secondary N) is 1. The zero-order chi connectivity index (χ0) is 16.9. The van der Waals surface area contributed by atoms with Crippen molar-refractivity contribution < 1.29 is 9.47 Å². The third kappa shape index (κ3) is 4.33. The highest BCUT2D eigenvalue weighted by Crippen LogP contribution is 2.22. The van der Waals surface area contributed by atoms with Crippen LogP contribution in [0.4, 0.5) is 0 Å². The van der Waals surface area contributed by atoms with E-state index in [0.717, 1.165) is 44.1 Å². The predicted octanol–water partition coefficient (Wildman–Crippen LogP) is 2.95. The Labute approximate surface area is 152 Å². The van der Waals surface area contributed by atoms with E-state index < -0.39 is 0 Å². The van der Waals surface area contributed by atoms with Crippen LogP contribution in [-0.2, 0) is 16.0 Å². The summed E-state index contributed by atoms with van der Waals surface area (Å²) < 4.78 is 11.7. The second-order valence-corrected chi connectivity index (χ2v) is 6.89. The Balaban J connectivity index is 1.59. The molecule has 1 aromatic rings. The van der Waals surface area contributed by atoms with Crippen LogP contribution < -0.4 is 5.32 Å². The number of hydrogen-bond acceptors (Lipinski definition) is 3. The molecule has 0 amide bonds. The molecule has 24 heavy (non-hydrogen) atoms. The standard InChI is InChI=1S/C17H23Cl2N3O2/c1-20-17(21-10-12-4-5-13(18)9-14(12)19)22-6-8-24-16(11-22)15-3-2-7-23-15/h4-5,9,15-16H,2-3,6-8,10-11H2,1H3,(H,20,21). The van der Waals surface area contributed by atoms with Crippen LogP contribution in [0.25, 0.3) is 0 Å². The van der Waals surface area contributed by atoms with E-state index in [-0.39, 0.29) is 12.2 Å². The van der Waals surface area contributed by atoms with Crippen LogP contribution in [0.2, 0.25) is 10.0 Å². The SMILES string of the molecule is CN=C(NCc1ccc(Cl)cc1Cl)N1CCOC(C2CCCO2)C1. The maximum Gasteiger partial charge on any atom is 0.194 e. The average Bonchev–Trinajstić information content (AvgIpc) is 3.12. The van der Waals surface area contributed by atoms with E-state index >= 15 is 0 Å². The molecule has 2 fully saturated rings. The lowest BCUT2D eigenvalue weighted by molar-refractivity contribution is -0.0817. The second-order valence-electron chi connectivity index (χ2n) is 6.04. The molecule has 0 radical (unpaired) electrons. The fourth-order valence-electron chi connectivity index (χ4n) is 3.16. The van der Waals surface area contributed by atoms with E-state index in [1.165, 1.54) is 0 Å². The third-order valence-electron chi connectivity index (χ3n) is 4.44. The molecule has 1 aromatic carbocycles. The van der Waals surface area contributed by atoms with Crippen LogP contribution in [0.3, 0.4) is 0 Å². The normalized spacial score (nSPS) is 25.1. The summed E-state index contributed by atoms with van der Waals surface area (Å²) in [6.07, 6.45) is 2.51. The quantitative estimate of drug-likeness (QED) is 0.655. The first-order valence-corrected chi connectivity index (χ1v) is 9.05. The van der Waals surface area contributed by atoms with Crippen molar-refractivity contribution in [2.24, 2.45) is 4.99 Å². The lowest BCUT2D eigenvalue weighted by atomic mass is 10.1. The maximum absolute atomic E-state index is 6.24. The minimum atomic E-state index is 0.110. The molecule has 0 spiro atoms. The summed E-state index contributed by atoms with van der Waals surface area (Å²) in [5.41, 5.74) is 0.992. The van der Waals surface area contributed by atoms with Gasteiger partial charge in [0.1, 0.15) is 6.10 Å². The molecule has 3 rings (SSSR count). The van der Waals surface area contributed by atoms with Gasteiger partial charge in [0.2, 0.25) is 0 Å². The van der Waals surface area contributed by atoms with Gasteiger partial charge in [-0.05, 0) is 30.5 Å². The molecule has 0 bridgehead atoms. The smallest absolute Gasteiger partial charge is 0.194 e. The van der Waals surface area contributed by atoms with Gasteiger partial charge in [0.15, 0.2) is 5.96 Å². The molecule has 0 saturated carbocycles. The van der Waals surface area contributed by atoms with Crippen LogP contribution in [-0.4, -0.2) is 56.4 Å². The van der Waals surface area contributed by atoms with E-state index in [0.29, 0.717) is 23.2 Å². The number of rotatable bonds is 3. The van der Waals surface area contributed by atoms with Crippen molar-refractivity contribution in [3.8, 4) is 0 Å². The van der Waals surface area contributed by atoms with E-state index in [1.54, 1.807) is 13.1 Å². The van der Waals surface area contributed by atoms with Crippen molar-refractivity contribution in [3.05, 3.63) is 33.8 Å². The maximum atomic E-state index is 6.24. The van der Waals surface area contributed by atoms with E-state index in [1.807, 2.05) is 12.1 Å². The van der Waals surface area contributed by atoms with Crippen molar-refractivity contribution in [1.29, 1.82) is 0 Å². The second kappa shape index (κ2) is 8.39. The largest absolute Gasteiger partial charge is 0.375 e. The van der Waals surface area contributed by atoms with Crippen molar-refractivity contribution in [1.82, 2.24) is 10.2 Å². The van der Waals surface area contributed by atoms with Crippen LogP contribution in [0.1, 0.15) is 18.4 Å². The van der Waals surface area contributed by atoms with Gasteiger partial charge >= 0.3 is 0 Å². The number of hydrogen-bond donors (Lipinski definition) is 1. The predicted molar refractivity (Wildman–Crippen MR) is 96.9 cm³/mol. The molecule has 2 aliphatic rings. The van der Waals surface area contributed by atoms with Gasteiger partial charge in [-0.2, -0.15) is 0 Å². The van der Waals surface area contributed by atoms with Crippen LogP contribution in [0, 0.1) is 0 Å². The van der Waals surface area contributed by atoms with E-state index in [4.69, 9.17) is 32.7 Å². The van der Waals surface area contributed by atoms with E-state index in [2.05, 4.69) is 15.2 Å². The first kappa shape index (κ1) is 17.8. The number of halogens is 2.